The van der Waals surface area contributed by atoms with Crippen molar-refractivity contribution in [3.63, 3.8) is 0 Å². The Balaban J connectivity index is 2.08. The lowest BCUT2D eigenvalue weighted by Gasteiger charge is -2.16. The molecule has 0 fully saturated rings. The van der Waals surface area contributed by atoms with Crippen LogP contribution in [0.25, 0.3) is 0 Å². The van der Waals surface area contributed by atoms with Gasteiger partial charge in [0, 0.05) is 29.7 Å². The molecule has 0 atom stereocenters. The minimum atomic E-state index is -0.391. The molecule has 0 radical (unpaired) electrons. The summed E-state index contributed by atoms with van der Waals surface area (Å²) in [6.45, 7) is 2.56. The largest absolute Gasteiger partial charge is 0.493 e. The standard InChI is InChI=1S/C19H23BrClFN2O2/c1-24(2)8-7-23-11-13-9-18(25-3)19(10-15(13)20)26-12-14-16(21)5-4-6-17(14)22/h4-6,9-10,23H,7-8,11-12H2,1-3H3. The van der Waals surface area contributed by atoms with E-state index in [9.17, 15) is 4.39 Å². The van der Waals surface area contributed by atoms with Crippen LogP contribution in [0.15, 0.2) is 34.8 Å². The summed E-state index contributed by atoms with van der Waals surface area (Å²) in [6, 6.07) is 8.30. The van der Waals surface area contributed by atoms with Crippen molar-refractivity contribution in [1.82, 2.24) is 10.2 Å². The van der Waals surface area contributed by atoms with Gasteiger partial charge in [-0.1, -0.05) is 33.6 Å². The van der Waals surface area contributed by atoms with E-state index in [1.165, 1.54) is 6.07 Å². The Morgan fingerprint density at radius 1 is 1.23 bits per heavy atom. The maximum atomic E-state index is 13.9. The smallest absolute Gasteiger partial charge is 0.162 e. The van der Waals surface area contributed by atoms with Crippen molar-refractivity contribution < 1.29 is 13.9 Å². The van der Waals surface area contributed by atoms with Gasteiger partial charge in [0.15, 0.2) is 11.5 Å². The molecule has 142 valence electrons. The zero-order valence-electron chi connectivity index (χ0n) is 15.1. The molecule has 0 aliphatic rings. The third kappa shape index (κ3) is 5.84. The molecule has 0 amide bonds. The Labute approximate surface area is 167 Å². The Hall–Kier alpha value is -1.34. The molecule has 0 saturated heterocycles. The first-order valence-corrected chi connectivity index (χ1v) is 9.37. The quantitative estimate of drug-likeness (QED) is 0.577. The molecule has 0 aromatic heterocycles. The predicted molar refractivity (Wildman–Crippen MR) is 107 cm³/mol. The van der Waals surface area contributed by atoms with Crippen LogP contribution in [0.3, 0.4) is 0 Å². The second-order valence-corrected chi connectivity index (χ2v) is 7.32. The number of rotatable bonds is 9. The van der Waals surface area contributed by atoms with E-state index in [4.69, 9.17) is 21.1 Å². The van der Waals surface area contributed by atoms with Crippen LogP contribution in [0.2, 0.25) is 5.02 Å². The fourth-order valence-corrected chi connectivity index (χ4v) is 3.01. The molecule has 26 heavy (non-hydrogen) atoms. The number of ether oxygens (including phenoxy) is 2. The Kier molecular flexibility index (Phi) is 8.15. The predicted octanol–water partition coefficient (Wildman–Crippen LogP) is 4.48. The number of methoxy groups -OCH3 is 1. The Bertz CT molecular complexity index is 723. The van der Waals surface area contributed by atoms with Crippen LogP contribution in [0.4, 0.5) is 4.39 Å². The molecule has 0 saturated carbocycles. The van der Waals surface area contributed by atoms with Gasteiger partial charge < -0.3 is 19.7 Å². The van der Waals surface area contributed by atoms with Gasteiger partial charge >= 0.3 is 0 Å². The lowest BCUT2D eigenvalue weighted by Crippen LogP contribution is -2.26. The molecule has 0 heterocycles. The van der Waals surface area contributed by atoms with Crippen molar-refractivity contribution in [2.75, 3.05) is 34.3 Å². The van der Waals surface area contributed by atoms with Gasteiger partial charge in [-0.05, 0) is 43.9 Å². The van der Waals surface area contributed by atoms with Gasteiger partial charge in [0.1, 0.15) is 12.4 Å². The molecular formula is C19H23BrClFN2O2. The van der Waals surface area contributed by atoms with Gasteiger partial charge in [0.05, 0.1) is 12.1 Å². The van der Waals surface area contributed by atoms with Crippen LogP contribution in [-0.2, 0) is 13.2 Å². The SMILES string of the molecule is COc1cc(CNCCN(C)C)c(Br)cc1OCc1c(F)cccc1Cl. The van der Waals surface area contributed by atoms with Crippen molar-refractivity contribution in [2.45, 2.75) is 13.2 Å². The minimum Gasteiger partial charge on any atom is -0.493 e. The number of nitrogens with one attached hydrogen (secondary N) is 1. The van der Waals surface area contributed by atoms with Gasteiger partial charge in [-0.2, -0.15) is 0 Å². The normalized spacial score (nSPS) is 11.0. The van der Waals surface area contributed by atoms with Crippen molar-refractivity contribution in [1.29, 1.82) is 0 Å². The van der Waals surface area contributed by atoms with Gasteiger partial charge in [0.2, 0.25) is 0 Å². The second-order valence-electron chi connectivity index (χ2n) is 6.06. The third-order valence-corrected chi connectivity index (χ3v) is 4.91. The van der Waals surface area contributed by atoms with E-state index in [0.29, 0.717) is 28.6 Å². The van der Waals surface area contributed by atoms with Crippen molar-refractivity contribution in [2.24, 2.45) is 0 Å². The molecule has 2 aromatic rings. The second kappa shape index (κ2) is 10.1. The summed E-state index contributed by atoms with van der Waals surface area (Å²) in [7, 11) is 5.65. The molecule has 1 N–H and O–H groups in total. The molecule has 0 spiro atoms. The lowest BCUT2D eigenvalue weighted by atomic mass is 10.2. The number of nitrogens with zero attached hydrogens (tertiary/aromatic N) is 1. The molecule has 0 aliphatic carbocycles. The van der Waals surface area contributed by atoms with Crippen LogP contribution < -0.4 is 14.8 Å². The maximum Gasteiger partial charge on any atom is 0.162 e. The van der Waals surface area contributed by atoms with E-state index in [1.54, 1.807) is 19.2 Å². The monoisotopic (exact) mass is 444 g/mol. The van der Waals surface area contributed by atoms with Crippen molar-refractivity contribution >= 4 is 27.5 Å². The van der Waals surface area contributed by atoms with E-state index in [0.717, 1.165) is 23.1 Å². The van der Waals surface area contributed by atoms with Crippen molar-refractivity contribution in [3.05, 3.63) is 56.8 Å². The molecule has 7 heteroatoms. The third-order valence-electron chi connectivity index (χ3n) is 3.82. The molecule has 2 rings (SSSR count). The van der Waals surface area contributed by atoms with E-state index >= 15 is 0 Å². The number of halogens is 3. The molecule has 0 unspecified atom stereocenters. The summed E-state index contributed by atoms with van der Waals surface area (Å²) >= 11 is 9.61. The lowest BCUT2D eigenvalue weighted by molar-refractivity contribution is 0.279. The highest BCUT2D eigenvalue weighted by molar-refractivity contribution is 9.10. The van der Waals surface area contributed by atoms with Crippen molar-refractivity contribution in [3.8, 4) is 11.5 Å². The summed E-state index contributed by atoms with van der Waals surface area (Å²) in [5, 5.41) is 3.72. The summed E-state index contributed by atoms with van der Waals surface area (Å²) in [5.41, 5.74) is 1.37. The Morgan fingerprint density at radius 2 is 2.00 bits per heavy atom. The van der Waals surface area contributed by atoms with E-state index in [1.807, 2.05) is 26.2 Å². The number of hydrogen-bond donors (Lipinski definition) is 1. The highest BCUT2D eigenvalue weighted by Gasteiger charge is 2.13. The molecule has 0 bridgehead atoms. The fourth-order valence-electron chi connectivity index (χ4n) is 2.33. The van der Waals surface area contributed by atoms with E-state index in [-0.39, 0.29) is 6.61 Å². The van der Waals surface area contributed by atoms with Crippen LogP contribution >= 0.6 is 27.5 Å². The highest BCUT2D eigenvalue weighted by atomic mass is 79.9. The molecule has 4 nitrogen and oxygen atoms in total. The van der Waals surface area contributed by atoms with E-state index in [2.05, 4.69) is 26.1 Å². The summed E-state index contributed by atoms with van der Waals surface area (Å²) in [5.74, 6) is 0.720. The molecule has 0 aliphatic heterocycles. The summed E-state index contributed by atoms with van der Waals surface area (Å²) in [6.07, 6.45) is 0. The number of benzene rings is 2. The zero-order valence-corrected chi connectivity index (χ0v) is 17.5. The fraction of sp³-hybridized carbons (Fsp3) is 0.368. The van der Waals surface area contributed by atoms with Crippen LogP contribution in [0.1, 0.15) is 11.1 Å². The van der Waals surface area contributed by atoms with E-state index < -0.39 is 5.82 Å². The minimum absolute atomic E-state index is 0.0226. The van der Waals surface area contributed by atoms with Crippen LogP contribution in [-0.4, -0.2) is 39.2 Å². The maximum absolute atomic E-state index is 13.9. The van der Waals surface area contributed by atoms with Gasteiger partial charge in [-0.15, -0.1) is 0 Å². The average molecular weight is 446 g/mol. The zero-order chi connectivity index (χ0) is 19.1. The first kappa shape index (κ1) is 21.0. The summed E-state index contributed by atoms with van der Waals surface area (Å²) < 4.78 is 26.0. The molecule has 2 aromatic carbocycles. The topological polar surface area (TPSA) is 33.7 Å². The number of likely N-dealkylation sites (N-methyl/N-ethyl adjacent to an activating group) is 1. The first-order chi connectivity index (χ1) is 12.4. The van der Waals surface area contributed by atoms with Gasteiger partial charge in [0.25, 0.3) is 0 Å². The first-order valence-electron chi connectivity index (χ1n) is 8.20. The van der Waals surface area contributed by atoms with Gasteiger partial charge in [-0.25, -0.2) is 4.39 Å². The summed E-state index contributed by atoms with van der Waals surface area (Å²) in [4.78, 5) is 2.12. The van der Waals surface area contributed by atoms with Crippen LogP contribution in [0, 0.1) is 5.82 Å². The average Bonchev–Trinajstić information content (AvgIpc) is 2.59. The Morgan fingerprint density at radius 3 is 2.65 bits per heavy atom. The molecular weight excluding hydrogens is 423 g/mol. The van der Waals surface area contributed by atoms with Gasteiger partial charge in [-0.3, -0.25) is 0 Å². The van der Waals surface area contributed by atoms with Crippen LogP contribution in [0.5, 0.6) is 11.5 Å². The highest BCUT2D eigenvalue weighted by Crippen LogP contribution is 2.34. The number of hydrogen-bond acceptors (Lipinski definition) is 4.